The van der Waals surface area contributed by atoms with Crippen LogP contribution < -0.4 is 5.32 Å². The van der Waals surface area contributed by atoms with E-state index in [1.165, 1.54) is 0 Å². The Hall–Kier alpha value is -0.620. The Morgan fingerprint density at radius 2 is 2.15 bits per heavy atom. The van der Waals surface area contributed by atoms with E-state index in [0.717, 1.165) is 25.1 Å². The van der Waals surface area contributed by atoms with Crippen LogP contribution in [0.3, 0.4) is 0 Å². The molecular formula is C14H28N2O3S. The Kier molecular flexibility index (Phi) is 6.45. The summed E-state index contributed by atoms with van der Waals surface area (Å²) in [7, 11) is -0.740. The van der Waals surface area contributed by atoms with Crippen LogP contribution in [0.2, 0.25) is 0 Å². The SMILES string of the molecule is CC(CCS(C)=O)NC1CCN(C(=O)OC(C)(C)C)C1. The number of ether oxygens (including phenoxy) is 1. The summed E-state index contributed by atoms with van der Waals surface area (Å²) in [6.07, 6.45) is 3.33. The van der Waals surface area contributed by atoms with Crippen molar-refractivity contribution in [3.05, 3.63) is 0 Å². The molecule has 20 heavy (non-hydrogen) atoms. The van der Waals surface area contributed by atoms with Crippen LogP contribution in [0.5, 0.6) is 0 Å². The Labute approximate surface area is 124 Å². The standard InChI is InChI=1S/C14H28N2O3S/c1-11(7-9-20(5)18)15-12-6-8-16(10-12)13(17)19-14(2,3)4/h11-12,15H,6-10H2,1-5H3. The Morgan fingerprint density at radius 3 is 2.70 bits per heavy atom. The molecule has 0 aliphatic carbocycles. The monoisotopic (exact) mass is 304 g/mol. The molecule has 3 atom stereocenters. The molecule has 1 rings (SSSR count). The van der Waals surface area contributed by atoms with Gasteiger partial charge in [0.15, 0.2) is 0 Å². The number of carbonyl (C=O) groups excluding carboxylic acids is 1. The van der Waals surface area contributed by atoms with Gasteiger partial charge in [0, 0.05) is 48.0 Å². The van der Waals surface area contributed by atoms with Crippen LogP contribution in [-0.2, 0) is 15.5 Å². The summed E-state index contributed by atoms with van der Waals surface area (Å²) >= 11 is 0. The molecule has 0 aromatic heterocycles. The third-order valence-electron chi connectivity index (χ3n) is 3.20. The summed E-state index contributed by atoms with van der Waals surface area (Å²) in [4.78, 5) is 13.7. The highest BCUT2D eigenvalue weighted by atomic mass is 32.2. The van der Waals surface area contributed by atoms with Crippen LogP contribution in [0.4, 0.5) is 4.79 Å². The van der Waals surface area contributed by atoms with Gasteiger partial charge in [0.1, 0.15) is 5.60 Å². The van der Waals surface area contributed by atoms with Crippen molar-refractivity contribution in [2.45, 2.75) is 58.2 Å². The second kappa shape index (κ2) is 7.41. The smallest absolute Gasteiger partial charge is 0.410 e. The topological polar surface area (TPSA) is 58.6 Å². The minimum Gasteiger partial charge on any atom is -0.444 e. The predicted molar refractivity (Wildman–Crippen MR) is 82.4 cm³/mol. The lowest BCUT2D eigenvalue weighted by atomic mass is 10.2. The van der Waals surface area contributed by atoms with Gasteiger partial charge >= 0.3 is 6.09 Å². The molecule has 0 aromatic rings. The lowest BCUT2D eigenvalue weighted by molar-refractivity contribution is 0.0290. The molecule has 1 aliphatic rings. The van der Waals surface area contributed by atoms with Gasteiger partial charge in [0.25, 0.3) is 0 Å². The second-order valence-corrected chi connectivity index (χ2v) is 8.10. The third-order valence-corrected chi connectivity index (χ3v) is 4.01. The summed E-state index contributed by atoms with van der Waals surface area (Å²) in [5.74, 6) is 0.719. The van der Waals surface area contributed by atoms with E-state index in [1.807, 2.05) is 20.8 Å². The molecule has 0 bridgehead atoms. The van der Waals surface area contributed by atoms with Crippen LogP contribution in [0.1, 0.15) is 40.5 Å². The first kappa shape index (κ1) is 17.4. The summed E-state index contributed by atoms with van der Waals surface area (Å²) in [5.41, 5.74) is -0.443. The van der Waals surface area contributed by atoms with E-state index in [1.54, 1.807) is 11.2 Å². The second-order valence-electron chi connectivity index (χ2n) is 6.55. The molecule has 0 radical (unpaired) electrons. The van der Waals surface area contributed by atoms with Gasteiger partial charge in [0.05, 0.1) is 0 Å². The summed E-state index contributed by atoms with van der Waals surface area (Å²) in [6.45, 7) is 9.16. The molecular weight excluding hydrogens is 276 g/mol. The van der Waals surface area contributed by atoms with Crippen LogP contribution in [0.25, 0.3) is 0 Å². The minimum atomic E-state index is -0.740. The van der Waals surface area contributed by atoms with Gasteiger partial charge in [-0.2, -0.15) is 0 Å². The van der Waals surface area contributed by atoms with Crippen molar-refractivity contribution in [1.29, 1.82) is 0 Å². The maximum Gasteiger partial charge on any atom is 0.410 e. The fraction of sp³-hybridized carbons (Fsp3) is 0.929. The predicted octanol–water partition coefficient (Wildman–Crippen LogP) is 1.74. The summed E-state index contributed by atoms with van der Waals surface area (Å²) < 4.78 is 16.4. The molecule has 5 nitrogen and oxygen atoms in total. The number of hydrogen-bond donors (Lipinski definition) is 1. The zero-order valence-corrected chi connectivity index (χ0v) is 14.1. The Bertz CT molecular complexity index is 355. The molecule has 118 valence electrons. The fourth-order valence-electron chi connectivity index (χ4n) is 2.22. The van der Waals surface area contributed by atoms with E-state index in [0.29, 0.717) is 18.6 Å². The fourth-order valence-corrected chi connectivity index (χ4v) is 2.90. The van der Waals surface area contributed by atoms with Gasteiger partial charge in [-0.25, -0.2) is 4.79 Å². The first-order valence-corrected chi connectivity index (χ1v) is 8.94. The normalized spacial score (nSPS) is 22.6. The molecule has 0 spiro atoms. The quantitative estimate of drug-likeness (QED) is 0.840. The average molecular weight is 304 g/mol. The molecule has 1 N–H and O–H groups in total. The van der Waals surface area contributed by atoms with Gasteiger partial charge in [-0.3, -0.25) is 4.21 Å². The van der Waals surface area contributed by atoms with Gasteiger partial charge in [0.2, 0.25) is 0 Å². The van der Waals surface area contributed by atoms with E-state index < -0.39 is 16.4 Å². The van der Waals surface area contributed by atoms with Gasteiger partial charge in [-0.1, -0.05) is 0 Å². The first-order chi connectivity index (χ1) is 9.17. The minimum absolute atomic E-state index is 0.232. The van der Waals surface area contributed by atoms with Crippen molar-refractivity contribution < 1.29 is 13.7 Å². The van der Waals surface area contributed by atoms with Crippen molar-refractivity contribution in [1.82, 2.24) is 10.2 Å². The number of likely N-dealkylation sites (tertiary alicyclic amines) is 1. The molecule has 3 unspecified atom stereocenters. The van der Waals surface area contributed by atoms with E-state index in [2.05, 4.69) is 12.2 Å². The number of nitrogens with zero attached hydrogens (tertiary/aromatic N) is 1. The molecule has 0 aromatic carbocycles. The number of amides is 1. The highest BCUT2D eigenvalue weighted by molar-refractivity contribution is 7.84. The van der Waals surface area contributed by atoms with Crippen molar-refractivity contribution in [2.75, 3.05) is 25.1 Å². The molecule has 0 saturated carbocycles. The molecule has 1 heterocycles. The Balaban J connectivity index is 2.32. The average Bonchev–Trinajstić information content (AvgIpc) is 2.72. The van der Waals surface area contributed by atoms with Crippen LogP contribution in [-0.4, -0.2) is 58.0 Å². The zero-order chi connectivity index (χ0) is 15.3. The lowest BCUT2D eigenvalue weighted by Gasteiger charge is -2.25. The van der Waals surface area contributed by atoms with Gasteiger partial charge < -0.3 is 15.0 Å². The van der Waals surface area contributed by atoms with Crippen molar-refractivity contribution in [2.24, 2.45) is 0 Å². The van der Waals surface area contributed by atoms with Crippen molar-refractivity contribution in [3.63, 3.8) is 0 Å². The summed E-state index contributed by atoms with van der Waals surface area (Å²) in [6, 6.07) is 0.630. The maximum atomic E-state index is 11.9. The number of nitrogens with one attached hydrogen (secondary N) is 1. The molecule has 1 aliphatic heterocycles. The van der Waals surface area contributed by atoms with Crippen molar-refractivity contribution >= 4 is 16.9 Å². The number of hydrogen-bond acceptors (Lipinski definition) is 4. The number of rotatable bonds is 5. The first-order valence-electron chi connectivity index (χ1n) is 7.21. The van der Waals surface area contributed by atoms with Crippen LogP contribution in [0, 0.1) is 0 Å². The molecule has 1 saturated heterocycles. The van der Waals surface area contributed by atoms with Gasteiger partial charge in [-0.05, 0) is 40.5 Å². The van der Waals surface area contributed by atoms with E-state index >= 15 is 0 Å². The van der Waals surface area contributed by atoms with E-state index in [4.69, 9.17) is 4.74 Å². The third kappa shape index (κ3) is 6.70. The largest absolute Gasteiger partial charge is 0.444 e. The van der Waals surface area contributed by atoms with Crippen LogP contribution >= 0.6 is 0 Å². The summed E-state index contributed by atoms with van der Waals surface area (Å²) in [5, 5.41) is 3.50. The van der Waals surface area contributed by atoms with E-state index in [-0.39, 0.29) is 6.09 Å². The molecule has 1 fully saturated rings. The van der Waals surface area contributed by atoms with E-state index in [9.17, 15) is 9.00 Å². The van der Waals surface area contributed by atoms with Crippen molar-refractivity contribution in [3.8, 4) is 0 Å². The maximum absolute atomic E-state index is 11.9. The Morgan fingerprint density at radius 1 is 1.50 bits per heavy atom. The number of carbonyl (C=O) groups is 1. The van der Waals surface area contributed by atoms with Crippen LogP contribution in [0.15, 0.2) is 0 Å². The van der Waals surface area contributed by atoms with Gasteiger partial charge in [-0.15, -0.1) is 0 Å². The molecule has 6 heteroatoms. The highest BCUT2D eigenvalue weighted by Crippen LogP contribution is 2.15. The zero-order valence-electron chi connectivity index (χ0n) is 13.3. The molecule has 1 amide bonds. The highest BCUT2D eigenvalue weighted by Gasteiger charge is 2.30. The lowest BCUT2D eigenvalue weighted by Crippen LogP contribution is -2.41.